The number of hydrogen-bond donors (Lipinski definition) is 1. The molecule has 0 heterocycles. The summed E-state index contributed by atoms with van der Waals surface area (Å²) in [6, 6.07) is 11.4. The van der Waals surface area contributed by atoms with E-state index in [0.29, 0.717) is 28.1 Å². The van der Waals surface area contributed by atoms with Gasteiger partial charge in [-0.15, -0.1) is 0 Å². The molecule has 2 unspecified atom stereocenters. The molecule has 65 heavy (non-hydrogen) atoms. The molecule has 2 aromatic rings. The van der Waals surface area contributed by atoms with Crippen LogP contribution in [0.5, 0.6) is 11.5 Å². The van der Waals surface area contributed by atoms with Crippen LogP contribution in [0.3, 0.4) is 0 Å². The molecule has 2 atom stereocenters. The second-order valence-electron chi connectivity index (χ2n) is 25.8. The maximum atomic E-state index is 13.3. The van der Waals surface area contributed by atoms with Crippen LogP contribution in [-0.4, -0.2) is 12.1 Å². The van der Waals surface area contributed by atoms with Crippen LogP contribution in [0.2, 0.25) is 0 Å². The van der Waals surface area contributed by atoms with Gasteiger partial charge in [0, 0.05) is 15.3 Å². The summed E-state index contributed by atoms with van der Waals surface area (Å²) in [5, 5.41) is 30.4. The van der Waals surface area contributed by atoms with Crippen LogP contribution in [0, 0.1) is 38.9 Å². The molecule has 0 aliphatic carbocycles. The van der Waals surface area contributed by atoms with Gasteiger partial charge in [-0.25, -0.2) is 0 Å². The Hall–Kier alpha value is -1.16. The molecule has 0 amide bonds. The zero-order valence-corrected chi connectivity index (χ0v) is 48.0. The Morgan fingerprint density at radius 1 is 0.462 bits per heavy atom. The molecule has 0 radical (unpaired) electrons. The van der Waals surface area contributed by atoms with Gasteiger partial charge in [0.25, 0.3) is 0 Å². The van der Waals surface area contributed by atoms with Crippen LogP contribution in [-0.2, 0) is 29.3 Å². The van der Waals surface area contributed by atoms with E-state index < -0.39 is 0 Å². The van der Waals surface area contributed by atoms with Crippen LogP contribution in [0.25, 0.3) is 0 Å². The number of benzene rings is 2. The van der Waals surface area contributed by atoms with E-state index in [4.69, 9.17) is 0 Å². The summed E-state index contributed by atoms with van der Waals surface area (Å²) in [4.78, 5) is 1.51. The molecule has 2 rings (SSSR count). The van der Waals surface area contributed by atoms with E-state index in [2.05, 4.69) is 142 Å². The molecule has 380 valence electrons. The van der Waals surface area contributed by atoms with Crippen molar-refractivity contribution in [2.45, 2.75) is 275 Å². The Labute approximate surface area is 420 Å². The molecule has 1 N–H and O–H groups in total. The van der Waals surface area contributed by atoms with Crippen molar-refractivity contribution >= 4 is 11.8 Å². The third kappa shape index (κ3) is 28.2. The van der Waals surface area contributed by atoms with E-state index in [9.17, 15) is 10.2 Å². The van der Waals surface area contributed by atoms with Crippen LogP contribution in [0.15, 0.2) is 46.2 Å². The van der Waals surface area contributed by atoms with Crippen molar-refractivity contribution in [3.05, 3.63) is 47.5 Å². The zero-order chi connectivity index (χ0) is 48.8. The fourth-order valence-electron chi connectivity index (χ4n) is 11.4. The Kier molecular flexibility index (Phi) is 29.9. The van der Waals surface area contributed by atoms with Gasteiger partial charge in [0.15, 0.2) is 0 Å². The molecule has 5 heteroatoms. The van der Waals surface area contributed by atoms with E-state index in [-0.39, 0.29) is 44.4 Å². The first-order chi connectivity index (χ1) is 29.6. The number of rotatable bonds is 29. The van der Waals surface area contributed by atoms with Gasteiger partial charge < -0.3 is 15.5 Å². The predicted octanol–water partition coefficient (Wildman–Crippen LogP) is 18.3. The van der Waals surface area contributed by atoms with Crippen LogP contribution in [0.4, 0.5) is 0 Å². The minimum Gasteiger partial charge on any atom is -0.872 e. The second kappa shape index (κ2) is 30.5. The first kappa shape index (κ1) is 63.8. The summed E-state index contributed by atoms with van der Waals surface area (Å²) in [5.41, 5.74) is 4.05. The number of hydrogen-bond acceptors (Lipinski definition) is 4. The Morgan fingerprint density at radius 3 is 1.18 bits per heavy atom. The maximum Gasteiger partial charge on any atom is 2.00 e. The van der Waals surface area contributed by atoms with Crippen molar-refractivity contribution in [1.29, 1.82) is 0 Å². The van der Waals surface area contributed by atoms with Gasteiger partial charge in [-0.05, 0) is 147 Å². The number of aryl methyl sites for hydroxylation is 2. The Morgan fingerprint density at radius 2 is 0.815 bits per heavy atom. The molecule has 2 aromatic carbocycles. The third-order valence-electron chi connectivity index (χ3n) is 13.4. The molecular weight excluding hydrogens is 857 g/mol. The van der Waals surface area contributed by atoms with Crippen LogP contribution in [0.1, 0.15) is 258 Å². The Balaban J connectivity index is 0.00000192. The normalized spacial score (nSPS) is 13.8. The van der Waals surface area contributed by atoms with Crippen molar-refractivity contribution in [2.75, 3.05) is 6.54 Å². The van der Waals surface area contributed by atoms with Crippen molar-refractivity contribution in [3.63, 3.8) is 0 Å². The summed E-state index contributed by atoms with van der Waals surface area (Å²) in [6.07, 6.45) is 25.7. The molecule has 0 saturated carbocycles. The summed E-state index contributed by atoms with van der Waals surface area (Å²) in [5.74, 6) is 1.41. The minimum absolute atomic E-state index is 0. The van der Waals surface area contributed by atoms with Gasteiger partial charge in [-0.1, -0.05) is 228 Å². The quantitative estimate of drug-likeness (QED) is 0.0652. The fraction of sp³-hybridized carbons (Fsp3) is 0.800. The molecule has 0 spiro atoms. The molecule has 0 aromatic heterocycles. The second-order valence-corrected chi connectivity index (χ2v) is 26.8. The van der Waals surface area contributed by atoms with Crippen molar-refractivity contribution < 1.29 is 26.7 Å². The molecular formula is C60H107NNiO2S. The van der Waals surface area contributed by atoms with E-state index in [1.165, 1.54) is 127 Å². The van der Waals surface area contributed by atoms with E-state index in [1.54, 1.807) is 12.1 Å². The van der Waals surface area contributed by atoms with Gasteiger partial charge in [0.05, 0.1) is 0 Å². The smallest absolute Gasteiger partial charge is 0.872 e. The van der Waals surface area contributed by atoms with Crippen molar-refractivity contribution in [2.24, 2.45) is 38.9 Å². The maximum absolute atomic E-state index is 13.3. The predicted molar refractivity (Wildman–Crippen MR) is 283 cm³/mol. The number of nitrogens with one attached hydrogen (secondary N) is 1. The molecule has 0 fully saturated rings. The summed E-state index contributed by atoms with van der Waals surface area (Å²) < 4.78 is 0. The van der Waals surface area contributed by atoms with E-state index in [0.717, 1.165) is 46.6 Å². The first-order valence-electron chi connectivity index (χ1n) is 26.6. The minimum atomic E-state index is 0. The van der Waals surface area contributed by atoms with Gasteiger partial charge >= 0.3 is 16.5 Å². The molecule has 3 nitrogen and oxygen atoms in total. The van der Waals surface area contributed by atoms with Crippen LogP contribution < -0.4 is 15.5 Å². The summed E-state index contributed by atoms with van der Waals surface area (Å²) >= 11 is 1.44. The summed E-state index contributed by atoms with van der Waals surface area (Å²) in [6.45, 7) is 43.6. The van der Waals surface area contributed by atoms with Gasteiger partial charge in [0.1, 0.15) is 0 Å². The molecule has 0 aliphatic rings. The molecule has 0 aliphatic heterocycles. The van der Waals surface area contributed by atoms with Gasteiger partial charge in [-0.2, -0.15) is 0 Å². The van der Waals surface area contributed by atoms with Crippen molar-refractivity contribution in [3.8, 4) is 11.5 Å². The van der Waals surface area contributed by atoms with Gasteiger partial charge in [-0.3, -0.25) is 0 Å². The fourth-order valence-corrected chi connectivity index (χ4v) is 12.6. The van der Waals surface area contributed by atoms with E-state index >= 15 is 0 Å². The molecule has 0 saturated heterocycles. The monoisotopic (exact) mass is 964 g/mol. The molecule has 0 bridgehead atoms. The van der Waals surface area contributed by atoms with Gasteiger partial charge in [0.2, 0.25) is 0 Å². The Bertz CT molecular complexity index is 1450. The number of unbranched alkanes of at least 4 members (excludes halogenated alkanes) is 7. The van der Waals surface area contributed by atoms with E-state index in [1.807, 2.05) is 12.1 Å². The average molecular weight is 965 g/mol. The third-order valence-corrected chi connectivity index (χ3v) is 14.8. The van der Waals surface area contributed by atoms with Crippen LogP contribution >= 0.6 is 11.8 Å². The van der Waals surface area contributed by atoms with Crippen molar-refractivity contribution in [1.82, 2.24) is 5.32 Å². The summed E-state index contributed by atoms with van der Waals surface area (Å²) in [7, 11) is 0. The standard InChI is InChI=1S/C44H74O2S.C16H35N.Ni/c1-13-15-25-35(43(9,10)31-41(3,4)5)27-17-21-33-23-19-29-37(45)39(33)47-40-34(24-20-30-38(40)46)22-18-28-36(26-16-14-2)44(11,12)32-42(6,7)8;1-7-8-9-10-11-12-13-17-16(5,6)14-15(2,3)4;/h19-20,23-24,29-30,35-36,45-46H,13-18,21-22,25-28,31-32H2,1-12H3;17H,7-14H2,1-6H3;/q;;+2/p-2. The first-order valence-corrected chi connectivity index (χ1v) is 27.4. The largest absolute Gasteiger partial charge is 2.00 e. The zero-order valence-electron chi connectivity index (χ0n) is 46.2. The SMILES string of the molecule is CCCCC(CCCc1cccc([O-])c1Sc1c([O-])cccc1CCCC(CCCC)C(C)(C)CC(C)(C)C)C(C)(C)CC(C)(C)C.CCCCCCCCNC(C)(C)CC(C)(C)C.[Ni+2]. The average Bonchev–Trinajstić information content (AvgIpc) is 3.13. The topological polar surface area (TPSA) is 58.1 Å².